The van der Waals surface area contributed by atoms with Crippen LogP contribution in [0.25, 0.3) is 0 Å². The van der Waals surface area contributed by atoms with Gasteiger partial charge in [0.05, 0.1) is 5.56 Å². The standard InChI is InChI=1S/C14H18BrF3N2/c1-10(20-6-2-3-7-20)9-19-13-5-4-11(8-12(13)15)14(16,17)18/h4-5,8,10,19H,2-3,6-7,9H2,1H3. The molecule has 0 aromatic heterocycles. The van der Waals surface area contributed by atoms with Gasteiger partial charge in [-0.05, 0) is 67.0 Å². The Hall–Kier alpha value is -0.750. The van der Waals surface area contributed by atoms with Gasteiger partial charge >= 0.3 is 6.18 Å². The van der Waals surface area contributed by atoms with Gasteiger partial charge in [-0.1, -0.05) is 0 Å². The predicted molar refractivity (Wildman–Crippen MR) is 77.9 cm³/mol. The summed E-state index contributed by atoms with van der Waals surface area (Å²) in [5.74, 6) is 0. The summed E-state index contributed by atoms with van der Waals surface area (Å²) in [4.78, 5) is 2.39. The van der Waals surface area contributed by atoms with E-state index in [4.69, 9.17) is 0 Å². The van der Waals surface area contributed by atoms with Gasteiger partial charge in [-0.15, -0.1) is 0 Å². The van der Waals surface area contributed by atoms with Crippen molar-refractivity contribution in [2.45, 2.75) is 32.0 Å². The molecule has 0 bridgehead atoms. The summed E-state index contributed by atoms with van der Waals surface area (Å²) in [6, 6.07) is 4.08. The highest BCUT2D eigenvalue weighted by Gasteiger charge is 2.30. The first-order valence-electron chi connectivity index (χ1n) is 6.72. The number of hydrogen-bond donors (Lipinski definition) is 1. The van der Waals surface area contributed by atoms with E-state index in [1.807, 2.05) is 0 Å². The zero-order valence-electron chi connectivity index (χ0n) is 11.3. The number of anilines is 1. The molecule has 6 heteroatoms. The fraction of sp³-hybridized carbons (Fsp3) is 0.571. The lowest BCUT2D eigenvalue weighted by Crippen LogP contribution is -2.35. The van der Waals surface area contributed by atoms with Crippen LogP contribution in [0.1, 0.15) is 25.3 Å². The molecule has 2 rings (SSSR count). The van der Waals surface area contributed by atoms with Crippen LogP contribution in [-0.4, -0.2) is 30.6 Å². The molecule has 2 nitrogen and oxygen atoms in total. The zero-order chi connectivity index (χ0) is 14.8. The number of halogens is 4. The van der Waals surface area contributed by atoms with E-state index in [0.717, 1.165) is 31.8 Å². The first-order chi connectivity index (χ1) is 9.38. The average Bonchev–Trinajstić information content (AvgIpc) is 2.89. The van der Waals surface area contributed by atoms with Crippen LogP contribution in [0.3, 0.4) is 0 Å². The maximum Gasteiger partial charge on any atom is 0.416 e. The molecule has 1 saturated heterocycles. The topological polar surface area (TPSA) is 15.3 Å². The maximum absolute atomic E-state index is 12.6. The quantitative estimate of drug-likeness (QED) is 0.867. The van der Waals surface area contributed by atoms with Gasteiger partial charge in [0.25, 0.3) is 0 Å². The van der Waals surface area contributed by atoms with Gasteiger partial charge in [0, 0.05) is 22.7 Å². The Balaban J connectivity index is 1.96. The van der Waals surface area contributed by atoms with Crippen LogP contribution >= 0.6 is 15.9 Å². The molecule has 0 spiro atoms. The second kappa shape index (κ2) is 6.35. The SMILES string of the molecule is CC(CNc1ccc(C(F)(F)F)cc1Br)N1CCCC1. The lowest BCUT2D eigenvalue weighted by atomic mass is 10.2. The van der Waals surface area contributed by atoms with Crippen LogP contribution in [0.5, 0.6) is 0 Å². The summed E-state index contributed by atoms with van der Waals surface area (Å²) in [7, 11) is 0. The monoisotopic (exact) mass is 350 g/mol. The van der Waals surface area contributed by atoms with Crippen LogP contribution in [0, 0.1) is 0 Å². The van der Waals surface area contributed by atoms with Gasteiger partial charge in [-0.2, -0.15) is 13.2 Å². The molecule has 0 amide bonds. The van der Waals surface area contributed by atoms with Crippen LogP contribution in [0.4, 0.5) is 18.9 Å². The van der Waals surface area contributed by atoms with Crippen molar-refractivity contribution < 1.29 is 13.2 Å². The van der Waals surface area contributed by atoms with Crippen molar-refractivity contribution in [3.63, 3.8) is 0 Å². The molecule has 0 saturated carbocycles. The Bertz CT molecular complexity index is 456. The van der Waals surface area contributed by atoms with Crippen LogP contribution in [-0.2, 0) is 6.18 Å². The van der Waals surface area contributed by atoms with Crippen molar-refractivity contribution in [2.75, 3.05) is 25.0 Å². The highest BCUT2D eigenvalue weighted by atomic mass is 79.9. The highest BCUT2D eigenvalue weighted by molar-refractivity contribution is 9.10. The fourth-order valence-electron chi connectivity index (χ4n) is 2.40. The second-order valence-electron chi connectivity index (χ2n) is 5.17. The van der Waals surface area contributed by atoms with E-state index in [1.54, 1.807) is 0 Å². The van der Waals surface area contributed by atoms with Gasteiger partial charge < -0.3 is 5.32 Å². The third-order valence-electron chi connectivity index (χ3n) is 3.65. The molecule has 0 radical (unpaired) electrons. The first kappa shape index (κ1) is 15.6. The molecule has 1 unspecified atom stereocenters. The molecular weight excluding hydrogens is 333 g/mol. The van der Waals surface area contributed by atoms with Crippen molar-refractivity contribution in [3.05, 3.63) is 28.2 Å². The van der Waals surface area contributed by atoms with E-state index >= 15 is 0 Å². The van der Waals surface area contributed by atoms with Crippen molar-refractivity contribution in [2.24, 2.45) is 0 Å². The number of nitrogens with zero attached hydrogens (tertiary/aromatic N) is 1. The van der Waals surface area contributed by atoms with E-state index in [0.29, 0.717) is 16.2 Å². The Morgan fingerprint density at radius 1 is 1.30 bits per heavy atom. The lowest BCUT2D eigenvalue weighted by molar-refractivity contribution is -0.137. The molecular formula is C14H18BrF3N2. The molecule has 1 aromatic rings. The van der Waals surface area contributed by atoms with E-state index in [1.165, 1.54) is 18.9 Å². The van der Waals surface area contributed by atoms with E-state index < -0.39 is 11.7 Å². The molecule has 0 aliphatic carbocycles. The molecule has 20 heavy (non-hydrogen) atoms. The number of benzene rings is 1. The number of nitrogens with one attached hydrogen (secondary N) is 1. The van der Waals surface area contributed by atoms with E-state index in [-0.39, 0.29) is 0 Å². The molecule has 1 aliphatic heterocycles. The summed E-state index contributed by atoms with van der Waals surface area (Å²) in [5.41, 5.74) is 0.0616. The largest absolute Gasteiger partial charge is 0.416 e. The Kier molecular flexibility index (Phi) is 4.96. The van der Waals surface area contributed by atoms with Gasteiger partial charge in [0.1, 0.15) is 0 Å². The molecule has 112 valence electrons. The lowest BCUT2D eigenvalue weighted by Gasteiger charge is -2.24. The third kappa shape index (κ3) is 3.88. The third-order valence-corrected chi connectivity index (χ3v) is 4.30. The fourth-order valence-corrected chi connectivity index (χ4v) is 2.92. The van der Waals surface area contributed by atoms with Crippen molar-refractivity contribution in [3.8, 4) is 0 Å². The predicted octanol–water partition coefficient (Wildman–Crippen LogP) is 4.36. The van der Waals surface area contributed by atoms with Crippen molar-refractivity contribution in [1.29, 1.82) is 0 Å². The number of hydrogen-bond acceptors (Lipinski definition) is 2. The Morgan fingerprint density at radius 2 is 1.95 bits per heavy atom. The smallest absolute Gasteiger partial charge is 0.383 e. The summed E-state index contributed by atoms with van der Waals surface area (Å²) < 4.78 is 38.2. The van der Waals surface area contributed by atoms with E-state index in [2.05, 4.69) is 33.1 Å². The molecule has 1 heterocycles. The number of likely N-dealkylation sites (tertiary alicyclic amines) is 1. The highest BCUT2D eigenvalue weighted by Crippen LogP contribution is 2.33. The zero-order valence-corrected chi connectivity index (χ0v) is 12.9. The number of alkyl halides is 3. The van der Waals surface area contributed by atoms with Crippen molar-refractivity contribution in [1.82, 2.24) is 4.90 Å². The summed E-state index contributed by atoms with van der Waals surface area (Å²) in [5, 5.41) is 3.21. The minimum atomic E-state index is -4.30. The maximum atomic E-state index is 12.6. The molecule has 1 aromatic carbocycles. The van der Waals surface area contributed by atoms with Crippen LogP contribution in [0.2, 0.25) is 0 Å². The van der Waals surface area contributed by atoms with Gasteiger partial charge in [-0.25, -0.2) is 0 Å². The first-order valence-corrected chi connectivity index (χ1v) is 7.52. The molecule has 1 N–H and O–H groups in total. The molecule has 1 aliphatic rings. The minimum Gasteiger partial charge on any atom is -0.383 e. The van der Waals surface area contributed by atoms with Crippen LogP contribution in [0.15, 0.2) is 22.7 Å². The number of rotatable bonds is 4. The van der Waals surface area contributed by atoms with Gasteiger partial charge in [0.15, 0.2) is 0 Å². The summed E-state index contributed by atoms with van der Waals surface area (Å²) in [6.07, 6.45) is -1.84. The van der Waals surface area contributed by atoms with Crippen LogP contribution < -0.4 is 5.32 Å². The second-order valence-corrected chi connectivity index (χ2v) is 6.02. The molecule has 1 atom stereocenters. The minimum absolute atomic E-state index is 0.381. The average molecular weight is 351 g/mol. The van der Waals surface area contributed by atoms with Crippen molar-refractivity contribution >= 4 is 21.6 Å². The normalized spacial score (nSPS) is 18.2. The van der Waals surface area contributed by atoms with Gasteiger partial charge in [-0.3, -0.25) is 4.90 Å². The van der Waals surface area contributed by atoms with E-state index in [9.17, 15) is 13.2 Å². The summed E-state index contributed by atoms with van der Waals surface area (Å²) >= 11 is 3.20. The summed E-state index contributed by atoms with van der Waals surface area (Å²) in [6.45, 7) is 5.08. The Morgan fingerprint density at radius 3 is 2.50 bits per heavy atom. The van der Waals surface area contributed by atoms with Gasteiger partial charge in [0.2, 0.25) is 0 Å². The Labute approximate surface area is 125 Å². The molecule has 1 fully saturated rings.